The van der Waals surface area contributed by atoms with Gasteiger partial charge in [-0.3, -0.25) is 4.79 Å². The smallest absolute Gasteiger partial charge is 0.305 e. The van der Waals surface area contributed by atoms with Crippen LogP contribution in [-0.2, 0) is 14.3 Å². The summed E-state index contributed by atoms with van der Waals surface area (Å²) in [4.78, 5) is 11.8. The number of hydrogen-bond acceptors (Lipinski definition) is 3. The molecular formula is C24H46O3. The van der Waals surface area contributed by atoms with E-state index in [2.05, 4.69) is 13.8 Å². The van der Waals surface area contributed by atoms with E-state index in [0.29, 0.717) is 13.0 Å². The summed E-state index contributed by atoms with van der Waals surface area (Å²) in [5, 5.41) is 0. The van der Waals surface area contributed by atoms with Crippen LogP contribution in [0.4, 0.5) is 0 Å². The molecule has 0 aliphatic carbocycles. The van der Waals surface area contributed by atoms with E-state index in [4.69, 9.17) is 9.47 Å². The van der Waals surface area contributed by atoms with Gasteiger partial charge in [-0.25, -0.2) is 0 Å². The quantitative estimate of drug-likeness (QED) is 0.175. The fraction of sp³-hybridized carbons (Fsp3) is 0.958. The van der Waals surface area contributed by atoms with Crippen LogP contribution in [0.15, 0.2) is 0 Å². The van der Waals surface area contributed by atoms with E-state index >= 15 is 0 Å². The molecule has 0 aromatic carbocycles. The van der Waals surface area contributed by atoms with Crippen LogP contribution < -0.4 is 0 Å². The van der Waals surface area contributed by atoms with Crippen LogP contribution in [0, 0.1) is 5.41 Å². The lowest BCUT2D eigenvalue weighted by Gasteiger charge is -2.39. The molecule has 0 N–H and O–H groups in total. The highest BCUT2D eigenvalue weighted by molar-refractivity contribution is 5.69. The van der Waals surface area contributed by atoms with Crippen LogP contribution in [-0.4, -0.2) is 25.8 Å². The molecule has 0 spiro atoms. The molecule has 3 heteroatoms. The second-order valence-corrected chi connectivity index (χ2v) is 8.71. The lowest BCUT2D eigenvalue weighted by atomic mass is 9.84. The van der Waals surface area contributed by atoms with Gasteiger partial charge in [-0.15, -0.1) is 0 Å². The van der Waals surface area contributed by atoms with Gasteiger partial charge in [-0.1, -0.05) is 104 Å². The van der Waals surface area contributed by atoms with E-state index in [-0.39, 0.29) is 11.4 Å². The predicted molar refractivity (Wildman–Crippen MR) is 114 cm³/mol. The average molecular weight is 383 g/mol. The first-order valence-corrected chi connectivity index (χ1v) is 12.0. The van der Waals surface area contributed by atoms with Crippen molar-refractivity contribution >= 4 is 5.97 Å². The first kappa shape index (κ1) is 24.5. The van der Waals surface area contributed by atoms with Crippen molar-refractivity contribution in [2.45, 2.75) is 123 Å². The number of unbranched alkanes of at least 4 members (excludes halogenated alkanes) is 14. The van der Waals surface area contributed by atoms with Gasteiger partial charge < -0.3 is 9.47 Å². The van der Waals surface area contributed by atoms with Gasteiger partial charge >= 0.3 is 5.97 Å². The Morgan fingerprint density at radius 3 is 1.56 bits per heavy atom. The SMILES string of the molecule is CCCCCCCCCCCCCCCCCC(=O)OCC1(CC)COC1. The Hall–Kier alpha value is -0.570. The minimum Gasteiger partial charge on any atom is -0.465 e. The third-order valence-electron chi connectivity index (χ3n) is 6.09. The summed E-state index contributed by atoms with van der Waals surface area (Å²) in [6.07, 6.45) is 21.8. The number of carbonyl (C=O) groups is 1. The van der Waals surface area contributed by atoms with Gasteiger partial charge in [-0.2, -0.15) is 0 Å². The van der Waals surface area contributed by atoms with Crippen LogP contribution in [0.1, 0.15) is 123 Å². The van der Waals surface area contributed by atoms with Gasteiger partial charge in [0.05, 0.1) is 18.6 Å². The van der Waals surface area contributed by atoms with E-state index in [0.717, 1.165) is 32.5 Å². The Morgan fingerprint density at radius 2 is 1.19 bits per heavy atom. The van der Waals surface area contributed by atoms with E-state index in [9.17, 15) is 4.79 Å². The molecule has 1 aliphatic rings. The van der Waals surface area contributed by atoms with E-state index < -0.39 is 0 Å². The topological polar surface area (TPSA) is 35.5 Å². The lowest BCUT2D eigenvalue weighted by Crippen LogP contribution is -2.46. The molecule has 27 heavy (non-hydrogen) atoms. The van der Waals surface area contributed by atoms with Crippen molar-refractivity contribution in [2.75, 3.05) is 19.8 Å². The Morgan fingerprint density at radius 1 is 0.741 bits per heavy atom. The third kappa shape index (κ3) is 12.5. The zero-order valence-electron chi connectivity index (χ0n) is 18.4. The summed E-state index contributed by atoms with van der Waals surface area (Å²) in [6, 6.07) is 0. The highest BCUT2D eigenvalue weighted by Gasteiger charge is 2.38. The Bertz CT molecular complexity index is 344. The molecule has 1 rings (SSSR count). The minimum atomic E-state index is -0.0237. The standard InChI is InChI=1S/C24H46O3/c1-3-5-6-7-8-9-10-11-12-13-14-15-16-17-18-19-23(25)27-22-24(4-2)20-26-21-24/h3-22H2,1-2H3. The molecule has 1 saturated heterocycles. The average Bonchev–Trinajstić information content (AvgIpc) is 2.64. The summed E-state index contributed by atoms with van der Waals surface area (Å²) in [6.45, 7) is 6.46. The maximum absolute atomic E-state index is 11.8. The summed E-state index contributed by atoms with van der Waals surface area (Å²) < 4.78 is 10.7. The predicted octanol–water partition coefficient (Wildman–Crippen LogP) is 7.22. The maximum atomic E-state index is 11.8. The zero-order valence-corrected chi connectivity index (χ0v) is 18.4. The fourth-order valence-corrected chi connectivity index (χ4v) is 3.73. The summed E-state index contributed by atoms with van der Waals surface area (Å²) in [5.74, 6) is -0.0237. The Balaban J connectivity index is 1.75. The summed E-state index contributed by atoms with van der Waals surface area (Å²) >= 11 is 0. The lowest BCUT2D eigenvalue weighted by molar-refractivity contribution is -0.170. The van der Waals surface area contributed by atoms with Crippen LogP contribution in [0.25, 0.3) is 0 Å². The van der Waals surface area contributed by atoms with Gasteiger partial charge in [0.25, 0.3) is 0 Å². The Labute approximate surface area is 169 Å². The van der Waals surface area contributed by atoms with Crippen molar-refractivity contribution in [2.24, 2.45) is 5.41 Å². The fourth-order valence-electron chi connectivity index (χ4n) is 3.73. The van der Waals surface area contributed by atoms with Crippen molar-refractivity contribution in [3.05, 3.63) is 0 Å². The number of rotatable bonds is 19. The van der Waals surface area contributed by atoms with Gasteiger partial charge in [-0.05, 0) is 12.8 Å². The van der Waals surface area contributed by atoms with Crippen LogP contribution in [0.5, 0.6) is 0 Å². The molecule has 0 atom stereocenters. The van der Waals surface area contributed by atoms with E-state index in [1.54, 1.807) is 0 Å². The number of ether oxygens (including phenoxy) is 2. The second-order valence-electron chi connectivity index (χ2n) is 8.71. The molecule has 3 nitrogen and oxygen atoms in total. The monoisotopic (exact) mass is 382 g/mol. The largest absolute Gasteiger partial charge is 0.465 e. The number of carbonyl (C=O) groups excluding carboxylic acids is 1. The first-order valence-electron chi connectivity index (χ1n) is 12.0. The molecule has 0 radical (unpaired) electrons. The van der Waals surface area contributed by atoms with Crippen LogP contribution in [0.3, 0.4) is 0 Å². The zero-order chi connectivity index (χ0) is 19.6. The highest BCUT2D eigenvalue weighted by Crippen LogP contribution is 2.31. The second kappa shape index (κ2) is 16.4. The minimum absolute atomic E-state index is 0.0237. The highest BCUT2D eigenvalue weighted by atomic mass is 16.5. The number of hydrogen-bond donors (Lipinski definition) is 0. The maximum Gasteiger partial charge on any atom is 0.305 e. The third-order valence-corrected chi connectivity index (χ3v) is 6.09. The van der Waals surface area contributed by atoms with Crippen molar-refractivity contribution in [3.8, 4) is 0 Å². The molecule has 0 aromatic rings. The molecule has 0 saturated carbocycles. The molecular weight excluding hydrogens is 336 g/mol. The van der Waals surface area contributed by atoms with E-state index in [1.165, 1.54) is 83.5 Å². The first-order chi connectivity index (χ1) is 13.2. The van der Waals surface area contributed by atoms with Gasteiger partial charge in [0.1, 0.15) is 6.61 Å². The number of esters is 1. The van der Waals surface area contributed by atoms with Crippen molar-refractivity contribution < 1.29 is 14.3 Å². The molecule has 0 aromatic heterocycles. The van der Waals surface area contributed by atoms with Crippen LogP contribution >= 0.6 is 0 Å². The van der Waals surface area contributed by atoms with Crippen molar-refractivity contribution in [1.29, 1.82) is 0 Å². The molecule has 0 bridgehead atoms. The van der Waals surface area contributed by atoms with Gasteiger partial charge in [0.2, 0.25) is 0 Å². The summed E-state index contributed by atoms with van der Waals surface area (Å²) in [5.41, 5.74) is 0.116. The van der Waals surface area contributed by atoms with Gasteiger partial charge in [0.15, 0.2) is 0 Å². The van der Waals surface area contributed by atoms with Crippen molar-refractivity contribution in [1.82, 2.24) is 0 Å². The Kier molecular flexibility index (Phi) is 14.9. The molecule has 0 unspecified atom stereocenters. The van der Waals surface area contributed by atoms with Gasteiger partial charge in [0, 0.05) is 6.42 Å². The van der Waals surface area contributed by atoms with Crippen molar-refractivity contribution in [3.63, 3.8) is 0 Å². The molecule has 1 aliphatic heterocycles. The molecule has 160 valence electrons. The normalized spacial score (nSPS) is 15.5. The van der Waals surface area contributed by atoms with Crippen LogP contribution in [0.2, 0.25) is 0 Å². The molecule has 0 amide bonds. The van der Waals surface area contributed by atoms with E-state index in [1.807, 2.05) is 0 Å². The summed E-state index contributed by atoms with van der Waals surface area (Å²) in [7, 11) is 0. The molecule has 1 heterocycles. The molecule has 1 fully saturated rings.